The molecule has 28 heavy (non-hydrogen) atoms. The quantitative estimate of drug-likeness (QED) is 0.784. The Balaban J connectivity index is 1.38. The summed E-state index contributed by atoms with van der Waals surface area (Å²) < 4.78 is 44.1. The van der Waals surface area contributed by atoms with Crippen LogP contribution in [0.5, 0.6) is 0 Å². The second-order valence-corrected chi connectivity index (χ2v) is 10.3. The molecule has 2 aromatic rings. The summed E-state index contributed by atoms with van der Waals surface area (Å²) in [6, 6.07) is 5.06. The first-order valence-corrected chi connectivity index (χ1v) is 11.3. The van der Waals surface area contributed by atoms with Crippen molar-refractivity contribution in [1.29, 1.82) is 0 Å². The Morgan fingerprint density at radius 3 is 2.46 bits per heavy atom. The first kappa shape index (κ1) is 18.3. The molecule has 3 fully saturated rings. The number of aryl methyl sites for hydroxylation is 2. The monoisotopic (exact) mass is 404 g/mol. The molecule has 1 aromatic heterocycles. The molecule has 6 nitrogen and oxygen atoms in total. The maximum atomic E-state index is 14.3. The molecule has 0 amide bonds. The van der Waals surface area contributed by atoms with E-state index in [-0.39, 0.29) is 4.90 Å². The van der Waals surface area contributed by atoms with Crippen LogP contribution < -0.4 is 0 Å². The molecule has 3 aliphatic rings. The van der Waals surface area contributed by atoms with E-state index in [1.54, 1.807) is 13.0 Å². The van der Waals surface area contributed by atoms with Crippen molar-refractivity contribution >= 4 is 10.0 Å². The smallest absolute Gasteiger partial charge is 0.246 e. The van der Waals surface area contributed by atoms with Gasteiger partial charge in [-0.3, -0.25) is 4.90 Å². The summed E-state index contributed by atoms with van der Waals surface area (Å²) in [5.74, 6) is 1.02. The fourth-order valence-electron chi connectivity index (χ4n) is 5.56. The van der Waals surface area contributed by atoms with Gasteiger partial charge < -0.3 is 4.57 Å². The van der Waals surface area contributed by atoms with Gasteiger partial charge in [0.15, 0.2) is 0 Å². The predicted octanol–water partition coefficient (Wildman–Crippen LogP) is 2.15. The molecule has 4 atom stereocenters. The van der Waals surface area contributed by atoms with Crippen molar-refractivity contribution in [1.82, 2.24) is 18.8 Å². The van der Waals surface area contributed by atoms with Crippen molar-refractivity contribution in [2.45, 2.75) is 43.3 Å². The van der Waals surface area contributed by atoms with Crippen LogP contribution in [0, 0.1) is 24.6 Å². The molecule has 0 aliphatic carbocycles. The van der Waals surface area contributed by atoms with Gasteiger partial charge in [0.05, 0.1) is 6.54 Å². The summed E-state index contributed by atoms with van der Waals surface area (Å²) >= 11 is 0. The molecular formula is C20H25FN4O2S. The Bertz CT molecular complexity index is 1000. The van der Waals surface area contributed by atoms with Crippen LogP contribution in [0.1, 0.15) is 24.2 Å². The van der Waals surface area contributed by atoms with Gasteiger partial charge in [0, 0.05) is 44.6 Å². The minimum Gasteiger partial charge on any atom is -0.337 e. The zero-order chi connectivity index (χ0) is 19.6. The van der Waals surface area contributed by atoms with Crippen LogP contribution in [0.15, 0.2) is 35.5 Å². The van der Waals surface area contributed by atoms with Gasteiger partial charge in [-0.2, -0.15) is 4.31 Å². The molecule has 8 heteroatoms. The first-order chi connectivity index (χ1) is 13.4. The largest absolute Gasteiger partial charge is 0.337 e. The number of imidazole rings is 1. The average Bonchev–Trinajstić information content (AvgIpc) is 3.40. The van der Waals surface area contributed by atoms with Crippen LogP contribution in [0.3, 0.4) is 0 Å². The van der Waals surface area contributed by atoms with Crippen molar-refractivity contribution in [3.63, 3.8) is 0 Å². The SMILES string of the molecule is Cc1ccc(F)c(S(=O)(=O)N2C[C@@H]3[C@H](C2)[C@@H]2CC[C@H]3N2Cc2nccn2C)c1. The molecule has 0 radical (unpaired) electrons. The van der Waals surface area contributed by atoms with E-state index in [4.69, 9.17) is 0 Å². The van der Waals surface area contributed by atoms with E-state index in [2.05, 4.69) is 9.88 Å². The highest BCUT2D eigenvalue weighted by Crippen LogP contribution is 2.50. The standard InChI is InChI=1S/C20H25FN4O2S/c1-13-3-4-16(21)19(9-13)28(26,27)24-10-14-15(11-24)18-6-5-17(14)25(18)12-20-22-7-8-23(20)2/h3-4,7-9,14-15,17-18H,5-6,10-12H2,1-2H3/t14-,15+,17-,18+. The lowest BCUT2D eigenvalue weighted by Crippen LogP contribution is -2.38. The van der Waals surface area contributed by atoms with Gasteiger partial charge in [0.25, 0.3) is 0 Å². The third kappa shape index (κ3) is 2.65. The lowest BCUT2D eigenvalue weighted by Gasteiger charge is -2.26. The Labute approximate surface area is 165 Å². The number of benzene rings is 1. The van der Waals surface area contributed by atoms with E-state index >= 15 is 0 Å². The number of sulfonamides is 1. The second kappa shape index (κ2) is 6.37. The third-order valence-corrected chi connectivity index (χ3v) is 8.77. The minimum absolute atomic E-state index is 0.190. The minimum atomic E-state index is -3.80. The van der Waals surface area contributed by atoms with Crippen molar-refractivity contribution in [2.24, 2.45) is 18.9 Å². The number of nitrogens with zero attached hydrogens (tertiary/aromatic N) is 4. The van der Waals surface area contributed by atoms with Gasteiger partial charge >= 0.3 is 0 Å². The Hall–Kier alpha value is -1.77. The lowest BCUT2D eigenvalue weighted by atomic mass is 9.82. The fraction of sp³-hybridized carbons (Fsp3) is 0.550. The lowest BCUT2D eigenvalue weighted by molar-refractivity contribution is 0.201. The molecule has 4 heterocycles. The summed E-state index contributed by atoms with van der Waals surface area (Å²) in [5.41, 5.74) is 0.751. The van der Waals surface area contributed by atoms with Gasteiger partial charge in [0.1, 0.15) is 16.5 Å². The summed E-state index contributed by atoms with van der Waals surface area (Å²) in [6.45, 7) is 3.56. The average molecular weight is 405 g/mol. The van der Waals surface area contributed by atoms with Crippen molar-refractivity contribution in [2.75, 3.05) is 13.1 Å². The van der Waals surface area contributed by atoms with Gasteiger partial charge in [-0.1, -0.05) is 6.07 Å². The molecule has 5 rings (SSSR count). The van der Waals surface area contributed by atoms with E-state index in [1.165, 1.54) is 16.4 Å². The molecule has 150 valence electrons. The van der Waals surface area contributed by atoms with Gasteiger partial charge in [-0.15, -0.1) is 0 Å². The Morgan fingerprint density at radius 2 is 1.86 bits per heavy atom. The summed E-state index contributed by atoms with van der Waals surface area (Å²) in [4.78, 5) is 6.79. The number of rotatable bonds is 4. The van der Waals surface area contributed by atoms with Crippen molar-refractivity contribution in [3.05, 3.63) is 47.8 Å². The highest BCUT2D eigenvalue weighted by atomic mass is 32.2. The summed E-state index contributed by atoms with van der Waals surface area (Å²) in [5, 5.41) is 0. The first-order valence-electron chi connectivity index (χ1n) is 9.84. The molecular weight excluding hydrogens is 379 g/mol. The van der Waals surface area contributed by atoms with Gasteiger partial charge in [-0.05, 0) is 49.3 Å². The highest BCUT2D eigenvalue weighted by Gasteiger charge is 2.58. The molecule has 3 aliphatic heterocycles. The van der Waals surface area contributed by atoms with Gasteiger partial charge in [0.2, 0.25) is 10.0 Å². The van der Waals surface area contributed by atoms with E-state index in [0.717, 1.165) is 30.8 Å². The van der Waals surface area contributed by atoms with E-state index < -0.39 is 15.8 Å². The number of halogens is 1. The van der Waals surface area contributed by atoms with Crippen LogP contribution in [0.2, 0.25) is 0 Å². The van der Waals surface area contributed by atoms with Crippen molar-refractivity contribution in [3.8, 4) is 0 Å². The van der Waals surface area contributed by atoms with Crippen LogP contribution in [-0.2, 0) is 23.6 Å². The predicted molar refractivity (Wildman–Crippen MR) is 102 cm³/mol. The van der Waals surface area contributed by atoms with Crippen LogP contribution in [0.25, 0.3) is 0 Å². The summed E-state index contributed by atoms with van der Waals surface area (Å²) in [6.07, 6.45) is 5.98. The number of fused-ring (bicyclic) bond motifs is 5. The van der Waals surface area contributed by atoms with E-state index in [0.29, 0.717) is 37.0 Å². The zero-order valence-electron chi connectivity index (χ0n) is 16.1. The number of hydrogen-bond donors (Lipinski definition) is 0. The fourth-order valence-corrected chi connectivity index (χ4v) is 7.22. The molecule has 2 bridgehead atoms. The van der Waals surface area contributed by atoms with Gasteiger partial charge in [-0.25, -0.2) is 17.8 Å². The van der Waals surface area contributed by atoms with Crippen molar-refractivity contribution < 1.29 is 12.8 Å². The molecule has 0 spiro atoms. The molecule has 0 N–H and O–H groups in total. The van der Waals surface area contributed by atoms with Crippen LogP contribution in [0.4, 0.5) is 4.39 Å². The topological polar surface area (TPSA) is 58.4 Å². The normalized spacial score (nSPS) is 30.2. The second-order valence-electron chi connectivity index (χ2n) is 8.42. The molecule has 3 saturated heterocycles. The maximum Gasteiger partial charge on any atom is 0.246 e. The van der Waals surface area contributed by atoms with Crippen LogP contribution >= 0.6 is 0 Å². The number of hydrogen-bond acceptors (Lipinski definition) is 4. The highest BCUT2D eigenvalue weighted by molar-refractivity contribution is 7.89. The maximum absolute atomic E-state index is 14.3. The Morgan fingerprint density at radius 1 is 1.18 bits per heavy atom. The third-order valence-electron chi connectivity index (χ3n) is 6.93. The summed E-state index contributed by atoms with van der Waals surface area (Å²) in [7, 11) is -1.80. The molecule has 0 unspecified atom stereocenters. The molecule has 0 saturated carbocycles. The van der Waals surface area contributed by atoms with E-state index in [1.807, 2.05) is 24.0 Å². The van der Waals surface area contributed by atoms with Crippen LogP contribution in [-0.4, -0.2) is 52.3 Å². The zero-order valence-corrected chi connectivity index (χ0v) is 16.9. The Kier molecular flexibility index (Phi) is 4.16. The number of aromatic nitrogens is 2. The van der Waals surface area contributed by atoms with E-state index in [9.17, 15) is 12.8 Å². The molecule has 1 aromatic carbocycles.